The summed E-state index contributed by atoms with van der Waals surface area (Å²) in [6.45, 7) is 0. The van der Waals surface area contributed by atoms with Crippen LogP contribution in [0.5, 0.6) is 0 Å². The van der Waals surface area contributed by atoms with E-state index < -0.39 is 0 Å². The first-order valence-corrected chi connectivity index (χ1v) is 11.9. The normalized spacial score (nSPS) is 11.0. The molecular formula is C25H14Cl3N3OS. The number of fused-ring (bicyclic) bond motifs is 1. The molecule has 0 saturated heterocycles. The molecule has 2 heterocycles. The zero-order valence-electron chi connectivity index (χ0n) is 16.9. The van der Waals surface area contributed by atoms with Crippen molar-refractivity contribution in [3.63, 3.8) is 0 Å². The molecule has 0 spiro atoms. The molecule has 4 nitrogen and oxygen atoms in total. The van der Waals surface area contributed by atoms with E-state index >= 15 is 0 Å². The number of nitrogens with one attached hydrogen (secondary N) is 1. The zero-order chi connectivity index (χ0) is 22.9. The van der Waals surface area contributed by atoms with Crippen LogP contribution < -0.4 is 5.32 Å². The predicted octanol–water partition coefficient (Wildman–Crippen LogP) is 8.24. The number of thiazole rings is 1. The van der Waals surface area contributed by atoms with Gasteiger partial charge in [0, 0.05) is 37.0 Å². The van der Waals surface area contributed by atoms with E-state index in [0.717, 1.165) is 11.1 Å². The minimum absolute atomic E-state index is 0.306. The van der Waals surface area contributed by atoms with E-state index in [1.54, 1.807) is 42.5 Å². The summed E-state index contributed by atoms with van der Waals surface area (Å²) < 4.78 is 0. The van der Waals surface area contributed by atoms with Crippen LogP contribution in [0.3, 0.4) is 0 Å². The number of halogens is 3. The zero-order valence-corrected chi connectivity index (χ0v) is 19.9. The number of hydrogen-bond donors (Lipinski definition) is 1. The standard InChI is InChI=1S/C25H14Cl3N3OS/c26-15-7-5-14(6-8-15)22-12-19(18-11-16(27)9-10-21(18)29-22)24(32)31-25-30-23(13-33-25)17-3-1-2-4-20(17)28/h1-13H,(H,30,31,32). The van der Waals surface area contributed by atoms with Crippen molar-refractivity contribution < 1.29 is 4.79 Å². The Morgan fingerprint density at radius 1 is 0.818 bits per heavy atom. The third-order valence-corrected chi connectivity index (χ3v) is 6.60. The first-order valence-electron chi connectivity index (χ1n) is 9.86. The Morgan fingerprint density at radius 2 is 1.58 bits per heavy atom. The minimum Gasteiger partial charge on any atom is -0.298 e. The maximum Gasteiger partial charge on any atom is 0.258 e. The number of aromatic nitrogens is 2. The topological polar surface area (TPSA) is 54.9 Å². The second-order valence-corrected chi connectivity index (χ2v) is 9.33. The molecule has 0 atom stereocenters. The van der Waals surface area contributed by atoms with Crippen LogP contribution in [-0.2, 0) is 0 Å². The lowest BCUT2D eigenvalue weighted by Gasteiger charge is -2.10. The average molecular weight is 511 g/mol. The number of carbonyl (C=O) groups excluding carboxylic acids is 1. The summed E-state index contributed by atoms with van der Waals surface area (Å²) >= 11 is 19.9. The first-order chi connectivity index (χ1) is 16.0. The molecule has 0 aliphatic carbocycles. The van der Waals surface area contributed by atoms with Gasteiger partial charge in [-0.15, -0.1) is 11.3 Å². The van der Waals surface area contributed by atoms with Crippen LogP contribution in [0.2, 0.25) is 15.1 Å². The highest BCUT2D eigenvalue weighted by Gasteiger charge is 2.17. The Hall–Kier alpha value is -2.96. The highest BCUT2D eigenvalue weighted by Crippen LogP contribution is 2.32. The van der Waals surface area contributed by atoms with Gasteiger partial charge in [0.2, 0.25) is 0 Å². The van der Waals surface area contributed by atoms with E-state index in [1.165, 1.54) is 11.3 Å². The van der Waals surface area contributed by atoms with E-state index in [2.05, 4.69) is 10.3 Å². The lowest BCUT2D eigenvalue weighted by atomic mass is 10.0. The molecule has 3 aromatic carbocycles. The number of pyridine rings is 1. The van der Waals surface area contributed by atoms with Crippen molar-refractivity contribution in [1.29, 1.82) is 0 Å². The summed E-state index contributed by atoms with van der Waals surface area (Å²) in [6.07, 6.45) is 0. The van der Waals surface area contributed by atoms with E-state index in [1.807, 2.05) is 35.7 Å². The number of carbonyl (C=O) groups is 1. The fraction of sp³-hybridized carbons (Fsp3) is 0. The number of amides is 1. The van der Waals surface area contributed by atoms with E-state index in [-0.39, 0.29) is 5.91 Å². The predicted molar refractivity (Wildman–Crippen MR) is 138 cm³/mol. The van der Waals surface area contributed by atoms with Gasteiger partial charge >= 0.3 is 0 Å². The van der Waals surface area contributed by atoms with Gasteiger partial charge in [-0.3, -0.25) is 10.1 Å². The van der Waals surface area contributed by atoms with Crippen LogP contribution in [-0.4, -0.2) is 15.9 Å². The van der Waals surface area contributed by atoms with Crippen LogP contribution in [0.25, 0.3) is 33.4 Å². The number of rotatable bonds is 4. The van der Waals surface area contributed by atoms with Crippen molar-refractivity contribution in [1.82, 2.24) is 9.97 Å². The van der Waals surface area contributed by atoms with E-state index in [4.69, 9.17) is 39.8 Å². The largest absolute Gasteiger partial charge is 0.298 e. The SMILES string of the molecule is O=C(Nc1nc(-c2ccccc2Cl)cs1)c1cc(-c2ccc(Cl)cc2)nc2ccc(Cl)cc12. The molecule has 1 amide bonds. The Kier molecular flexibility index (Phi) is 6.04. The van der Waals surface area contributed by atoms with Gasteiger partial charge in [0.1, 0.15) is 0 Å². The van der Waals surface area contributed by atoms with Gasteiger partial charge in [-0.2, -0.15) is 0 Å². The lowest BCUT2D eigenvalue weighted by Crippen LogP contribution is -2.13. The molecule has 1 N–H and O–H groups in total. The van der Waals surface area contributed by atoms with Crippen LogP contribution in [0, 0.1) is 0 Å². The molecule has 5 rings (SSSR count). The van der Waals surface area contributed by atoms with Crippen molar-refractivity contribution in [2.75, 3.05) is 5.32 Å². The van der Waals surface area contributed by atoms with Crippen molar-refractivity contribution in [3.05, 3.63) is 98.8 Å². The third-order valence-electron chi connectivity index (χ3n) is 5.03. The number of benzene rings is 3. The lowest BCUT2D eigenvalue weighted by molar-refractivity contribution is 0.102. The molecule has 0 aliphatic heterocycles. The van der Waals surface area contributed by atoms with Crippen LogP contribution in [0.15, 0.2) is 78.2 Å². The molecule has 0 bridgehead atoms. The van der Waals surface area contributed by atoms with Crippen molar-refractivity contribution in [2.45, 2.75) is 0 Å². The second-order valence-electron chi connectivity index (χ2n) is 7.20. The molecule has 0 fully saturated rings. The molecule has 0 unspecified atom stereocenters. The summed E-state index contributed by atoms with van der Waals surface area (Å²) in [7, 11) is 0. The fourth-order valence-corrected chi connectivity index (χ4v) is 4.68. The van der Waals surface area contributed by atoms with Gasteiger partial charge < -0.3 is 0 Å². The van der Waals surface area contributed by atoms with Gasteiger partial charge in [-0.05, 0) is 42.5 Å². The highest BCUT2D eigenvalue weighted by atomic mass is 35.5. The molecule has 0 aliphatic rings. The molecule has 8 heteroatoms. The van der Waals surface area contributed by atoms with Crippen molar-refractivity contribution in [2.24, 2.45) is 0 Å². The van der Waals surface area contributed by atoms with Gasteiger partial charge in [-0.1, -0.05) is 65.1 Å². The summed E-state index contributed by atoms with van der Waals surface area (Å²) in [5.41, 5.74) is 4.12. The Labute approximate surface area is 208 Å². The molecule has 5 aromatic rings. The van der Waals surface area contributed by atoms with Gasteiger partial charge in [0.15, 0.2) is 5.13 Å². The van der Waals surface area contributed by atoms with E-state index in [9.17, 15) is 4.79 Å². The third kappa shape index (κ3) is 4.59. The number of hydrogen-bond acceptors (Lipinski definition) is 4. The molecule has 33 heavy (non-hydrogen) atoms. The van der Waals surface area contributed by atoms with E-state index in [0.29, 0.717) is 48.1 Å². The van der Waals surface area contributed by atoms with Crippen LogP contribution in [0.4, 0.5) is 5.13 Å². The quantitative estimate of drug-likeness (QED) is 0.265. The maximum atomic E-state index is 13.3. The smallest absolute Gasteiger partial charge is 0.258 e. The Morgan fingerprint density at radius 3 is 2.36 bits per heavy atom. The molecular weight excluding hydrogens is 497 g/mol. The number of anilines is 1. The Bertz CT molecular complexity index is 1500. The summed E-state index contributed by atoms with van der Waals surface area (Å²) in [5.74, 6) is -0.306. The Balaban J connectivity index is 1.53. The molecule has 2 aromatic heterocycles. The van der Waals surface area contributed by atoms with Crippen LogP contribution in [0.1, 0.15) is 10.4 Å². The summed E-state index contributed by atoms with van der Waals surface area (Å²) in [5, 5.41) is 7.63. The van der Waals surface area contributed by atoms with Crippen molar-refractivity contribution >= 4 is 68.1 Å². The van der Waals surface area contributed by atoms with Gasteiger partial charge in [0.05, 0.1) is 22.5 Å². The van der Waals surface area contributed by atoms with Crippen LogP contribution >= 0.6 is 46.1 Å². The van der Waals surface area contributed by atoms with Gasteiger partial charge in [-0.25, -0.2) is 9.97 Å². The molecule has 0 saturated carbocycles. The fourth-order valence-electron chi connectivity index (χ4n) is 3.44. The monoisotopic (exact) mass is 509 g/mol. The van der Waals surface area contributed by atoms with Gasteiger partial charge in [0.25, 0.3) is 5.91 Å². The minimum atomic E-state index is -0.306. The molecule has 0 radical (unpaired) electrons. The highest BCUT2D eigenvalue weighted by molar-refractivity contribution is 7.14. The average Bonchev–Trinajstić information content (AvgIpc) is 3.27. The second kappa shape index (κ2) is 9.12. The number of nitrogens with zero attached hydrogens (tertiary/aromatic N) is 2. The summed E-state index contributed by atoms with van der Waals surface area (Å²) in [6, 6.07) is 21.8. The summed E-state index contributed by atoms with van der Waals surface area (Å²) in [4.78, 5) is 22.6. The molecule has 162 valence electrons. The van der Waals surface area contributed by atoms with Crippen molar-refractivity contribution in [3.8, 4) is 22.5 Å². The first kappa shape index (κ1) is 21.9. The maximum absolute atomic E-state index is 13.3.